The van der Waals surface area contributed by atoms with Crippen LogP contribution in [0.25, 0.3) is 0 Å². The summed E-state index contributed by atoms with van der Waals surface area (Å²) in [6, 6.07) is 15.0. The highest BCUT2D eigenvalue weighted by Gasteiger charge is 2.33. The number of carbonyl (C=O) groups is 3. The van der Waals surface area contributed by atoms with Crippen LogP contribution in [0.3, 0.4) is 0 Å². The molecule has 0 heterocycles. The van der Waals surface area contributed by atoms with Gasteiger partial charge in [0.25, 0.3) is 0 Å². The molecule has 0 fully saturated rings. The average Bonchev–Trinajstić information content (AvgIpc) is 2.75. The predicted octanol–water partition coefficient (Wildman–Crippen LogP) is 4.79. The van der Waals surface area contributed by atoms with E-state index in [1.54, 1.807) is 30.3 Å². The molecule has 0 radical (unpaired) electrons. The molecular weight excluding hydrogens is 404 g/mol. The van der Waals surface area contributed by atoms with Gasteiger partial charge >= 0.3 is 5.97 Å². The van der Waals surface area contributed by atoms with Gasteiger partial charge < -0.3 is 9.47 Å². The van der Waals surface area contributed by atoms with E-state index in [9.17, 15) is 14.4 Å². The van der Waals surface area contributed by atoms with Gasteiger partial charge in [0.1, 0.15) is 12.4 Å². The van der Waals surface area contributed by atoms with E-state index in [1.165, 1.54) is 19.2 Å². The summed E-state index contributed by atoms with van der Waals surface area (Å²) >= 11 is 6.42. The van der Waals surface area contributed by atoms with Crippen LogP contribution in [-0.2, 0) is 11.3 Å². The van der Waals surface area contributed by atoms with E-state index in [-0.39, 0.29) is 45.4 Å². The number of benzene rings is 3. The molecule has 0 N–H and O–H groups in total. The first kappa shape index (κ1) is 19.9. The van der Waals surface area contributed by atoms with Gasteiger partial charge in [0.05, 0.1) is 23.3 Å². The molecule has 0 aliphatic heterocycles. The molecule has 0 bridgehead atoms. The van der Waals surface area contributed by atoms with E-state index in [0.717, 1.165) is 5.56 Å². The third-order valence-electron chi connectivity index (χ3n) is 5.04. The first-order chi connectivity index (χ1) is 14.4. The number of aryl methyl sites for hydroxylation is 1. The fraction of sp³-hybridized carbons (Fsp3) is 0.125. The van der Waals surface area contributed by atoms with Crippen molar-refractivity contribution in [3.8, 4) is 5.75 Å². The van der Waals surface area contributed by atoms with Crippen LogP contribution in [0.1, 0.15) is 53.3 Å². The van der Waals surface area contributed by atoms with Gasteiger partial charge in [-0.3, -0.25) is 9.59 Å². The number of ether oxygens (including phenoxy) is 2. The molecule has 3 aromatic carbocycles. The van der Waals surface area contributed by atoms with Crippen LogP contribution in [0.2, 0.25) is 5.02 Å². The van der Waals surface area contributed by atoms with Crippen LogP contribution >= 0.6 is 11.6 Å². The molecule has 1 aliphatic carbocycles. The SMILES string of the molecule is COc1ccc(C)cc1COC(=O)c1ccc2c(c1Cl)C(=O)c1ccccc1C2=O. The lowest BCUT2D eigenvalue weighted by Gasteiger charge is -2.19. The van der Waals surface area contributed by atoms with Crippen molar-refractivity contribution in [2.24, 2.45) is 0 Å². The maximum absolute atomic E-state index is 12.9. The smallest absolute Gasteiger partial charge is 0.340 e. The van der Waals surface area contributed by atoms with Crippen LogP contribution in [0.4, 0.5) is 0 Å². The molecule has 30 heavy (non-hydrogen) atoms. The first-order valence-electron chi connectivity index (χ1n) is 9.24. The van der Waals surface area contributed by atoms with E-state index in [1.807, 2.05) is 19.1 Å². The highest BCUT2D eigenvalue weighted by atomic mass is 35.5. The lowest BCUT2D eigenvalue weighted by Crippen LogP contribution is -2.22. The number of rotatable bonds is 4. The minimum Gasteiger partial charge on any atom is -0.496 e. The fourth-order valence-electron chi connectivity index (χ4n) is 3.55. The third kappa shape index (κ3) is 3.27. The minimum absolute atomic E-state index is 0.0210. The molecule has 0 spiro atoms. The quantitative estimate of drug-likeness (QED) is 0.444. The summed E-state index contributed by atoms with van der Waals surface area (Å²) in [5, 5.41) is -0.0819. The Balaban J connectivity index is 1.65. The van der Waals surface area contributed by atoms with E-state index in [2.05, 4.69) is 0 Å². The molecule has 5 nitrogen and oxygen atoms in total. The minimum atomic E-state index is -0.689. The van der Waals surface area contributed by atoms with Crippen molar-refractivity contribution >= 4 is 29.1 Å². The van der Waals surface area contributed by atoms with Gasteiger partial charge in [0, 0.05) is 22.3 Å². The number of carbonyl (C=O) groups excluding carboxylic acids is 3. The Labute approximate surface area is 178 Å². The molecule has 6 heteroatoms. The van der Waals surface area contributed by atoms with Gasteiger partial charge in [-0.15, -0.1) is 0 Å². The molecule has 0 unspecified atom stereocenters. The number of ketones is 2. The Morgan fingerprint density at radius 2 is 1.63 bits per heavy atom. The van der Waals surface area contributed by atoms with Crippen molar-refractivity contribution in [3.63, 3.8) is 0 Å². The maximum atomic E-state index is 12.9. The number of methoxy groups -OCH3 is 1. The molecular formula is C24H17ClO5. The Kier molecular flexibility index (Phi) is 5.14. The highest BCUT2D eigenvalue weighted by Crippen LogP contribution is 2.34. The fourth-order valence-corrected chi connectivity index (χ4v) is 3.87. The Hall–Kier alpha value is -3.44. The summed E-state index contributed by atoms with van der Waals surface area (Å²) in [4.78, 5) is 38.4. The summed E-state index contributed by atoms with van der Waals surface area (Å²) in [7, 11) is 1.54. The largest absolute Gasteiger partial charge is 0.496 e. The van der Waals surface area contributed by atoms with Gasteiger partial charge in [-0.25, -0.2) is 4.79 Å². The summed E-state index contributed by atoms with van der Waals surface area (Å²) in [5.41, 5.74) is 2.54. The van der Waals surface area contributed by atoms with E-state index < -0.39 is 5.97 Å². The molecule has 0 aromatic heterocycles. The molecule has 0 amide bonds. The van der Waals surface area contributed by atoms with Crippen molar-refractivity contribution in [3.05, 3.63) is 98.6 Å². The molecule has 1 aliphatic rings. The molecule has 0 atom stereocenters. The average molecular weight is 421 g/mol. The summed E-state index contributed by atoms with van der Waals surface area (Å²) in [5.74, 6) is -0.778. The van der Waals surface area contributed by atoms with Crippen LogP contribution < -0.4 is 4.74 Å². The van der Waals surface area contributed by atoms with Gasteiger partial charge in [0.2, 0.25) is 0 Å². The standard InChI is InChI=1S/C24H17ClO5/c1-13-7-10-19(29-2)14(11-13)12-30-24(28)18-9-8-17-20(21(18)25)23(27)16-6-4-3-5-15(16)22(17)26/h3-11H,12H2,1-2H3. The van der Waals surface area contributed by atoms with Crippen molar-refractivity contribution in [2.75, 3.05) is 7.11 Å². The van der Waals surface area contributed by atoms with Gasteiger partial charge in [-0.2, -0.15) is 0 Å². The second kappa shape index (κ2) is 7.76. The van der Waals surface area contributed by atoms with Crippen LogP contribution in [0, 0.1) is 6.92 Å². The maximum Gasteiger partial charge on any atom is 0.340 e. The molecule has 0 saturated carbocycles. The van der Waals surface area contributed by atoms with E-state index >= 15 is 0 Å². The summed E-state index contributed by atoms with van der Waals surface area (Å²) in [6.07, 6.45) is 0. The first-order valence-corrected chi connectivity index (χ1v) is 9.61. The number of fused-ring (bicyclic) bond motifs is 2. The van der Waals surface area contributed by atoms with E-state index in [4.69, 9.17) is 21.1 Å². The molecule has 0 saturated heterocycles. The lowest BCUT2D eigenvalue weighted by atomic mass is 9.83. The van der Waals surface area contributed by atoms with Gasteiger partial charge in [0.15, 0.2) is 11.6 Å². The third-order valence-corrected chi connectivity index (χ3v) is 5.44. The van der Waals surface area contributed by atoms with Crippen LogP contribution in [-0.4, -0.2) is 24.6 Å². The molecule has 3 aromatic rings. The predicted molar refractivity (Wildman–Crippen MR) is 112 cm³/mol. The summed E-state index contributed by atoms with van der Waals surface area (Å²) in [6.45, 7) is 1.90. The number of hydrogen-bond acceptors (Lipinski definition) is 5. The van der Waals surface area contributed by atoms with Crippen LogP contribution in [0.15, 0.2) is 54.6 Å². The van der Waals surface area contributed by atoms with Crippen LogP contribution in [0.5, 0.6) is 5.75 Å². The monoisotopic (exact) mass is 420 g/mol. The second-order valence-corrected chi connectivity index (χ2v) is 7.32. The molecule has 150 valence electrons. The zero-order valence-corrected chi connectivity index (χ0v) is 17.1. The normalized spacial score (nSPS) is 12.2. The Morgan fingerprint density at radius 3 is 2.33 bits per heavy atom. The van der Waals surface area contributed by atoms with Crippen molar-refractivity contribution in [1.82, 2.24) is 0 Å². The Bertz CT molecular complexity index is 1210. The zero-order chi connectivity index (χ0) is 21.4. The topological polar surface area (TPSA) is 69.7 Å². The highest BCUT2D eigenvalue weighted by molar-refractivity contribution is 6.41. The number of hydrogen-bond donors (Lipinski definition) is 0. The summed E-state index contributed by atoms with van der Waals surface area (Å²) < 4.78 is 10.7. The lowest BCUT2D eigenvalue weighted by molar-refractivity contribution is 0.0470. The number of esters is 1. The zero-order valence-electron chi connectivity index (χ0n) is 16.3. The van der Waals surface area contributed by atoms with Gasteiger partial charge in [-0.1, -0.05) is 47.5 Å². The second-order valence-electron chi connectivity index (χ2n) is 6.94. The van der Waals surface area contributed by atoms with Crippen molar-refractivity contribution in [2.45, 2.75) is 13.5 Å². The van der Waals surface area contributed by atoms with Crippen molar-refractivity contribution < 1.29 is 23.9 Å². The molecule has 4 rings (SSSR count). The van der Waals surface area contributed by atoms with Crippen molar-refractivity contribution in [1.29, 1.82) is 0 Å². The number of halogens is 1. The Morgan fingerprint density at radius 1 is 0.933 bits per heavy atom. The van der Waals surface area contributed by atoms with Gasteiger partial charge in [-0.05, 0) is 31.2 Å². The van der Waals surface area contributed by atoms with E-state index in [0.29, 0.717) is 16.9 Å².